The lowest BCUT2D eigenvalue weighted by molar-refractivity contribution is -0.122. The van der Waals surface area contributed by atoms with Crippen molar-refractivity contribution in [1.82, 2.24) is 10.6 Å². The summed E-state index contributed by atoms with van der Waals surface area (Å²) in [6.45, 7) is 5.07. The van der Waals surface area contributed by atoms with E-state index < -0.39 is 0 Å². The van der Waals surface area contributed by atoms with E-state index in [-0.39, 0.29) is 5.91 Å². The van der Waals surface area contributed by atoms with E-state index >= 15 is 0 Å². The molecule has 0 aromatic heterocycles. The van der Waals surface area contributed by atoms with E-state index in [1.807, 2.05) is 24.3 Å². The summed E-state index contributed by atoms with van der Waals surface area (Å²) in [5.41, 5.74) is 1.21. The summed E-state index contributed by atoms with van der Waals surface area (Å²) in [6.07, 6.45) is 3.96. The van der Waals surface area contributed by atoms with E-state index in [9.17, 15) is 4.79 Å². The zero-order chi connectivity index (χ0) is 15.8. The van der Waals surface area contributed by atoms with E-state index in [1.165, 1.54) is 18.4 Å². The molecule has 4 heteroatoms. The highest BCUT2D eigenvalue weighted by Crippen LogP contribution is 2.22. The fourth-order valence-corrected chi connectivity index (χ4v) is 3.03. The van der Waals surface area contributed by atoms with Crippen molar-refractivity contribution in [2.75, 3.05) is 26.7 Å². The second-order valence-electron chi connectivity index (χ2n) is 6.24. The molecule has 22 heavy (non-hydrogen) atoms. The number of ether oxygens (including phenoxy) is 1. The van der Waals surface area contributed by atoms with Crippen LogP contribution in [0.4, 0.5) is 0 Å². The molecule has 0 aliphatic carbocycles. The molecule has 1 aromatic carbocycles. The van der Waals surface area contributed by atoms with E-state index in [0.717, 1.165) is 25.3 Å². The van der Waals surface area contributed by atoms with E-state index in [1.54, 1.807) is 7.11 Å². The van der Waals surface area contributed by atoms with Gasteiger partial charge in [0.1, 0.15) is 5.75 Å². The molecule has 0 spiro atoms. The molecular formula is C18H28N2O2. The van der Waals surface area contributed by atoms with Crippen LogP contribution in [-0.2, 0) is 11.2 Å². The smallest absolute Gasteiger partial charge is 0.220 e. The summed E-state index contributed by atoms with van der Waals surface area (Å²) in [4.78, 5) is 12.0. The summed E-state index contributed by atoms with van der Waals surface area (Å²) in [5, 5.41) is 6.46. The van der Waals surface area contributed by atoms with Crippen LogP contribution >= 0.6 is 0 Å². The number of nitrogens with one attached hydrogen (secondary N) is 2. The number of benzene rings is 1. The fourth-order valence-electron chi connectivity index (χ4n) is 3.03. The van der Waals surface area contributed by atoms with Crippen LogP contribution in [0.3, 0.4) is 0 Å². The second-order valence-corrected chi connectivity index (χ2v) is 6.24. The molecule has 2 N–H and O–H groups in total. The maximum atomic E-state index is 12.0. The SMILES string of the molecule is COc1ccc(CCNC(=O)CC(C)C2CCCNC2)cc1. The fraction of sp³-hybridized carbons (Fsp3) is 0.611. The molecule has 1 aliphatic rings. The number of hydrogen-bond acceptors (Lipinski definition) is 3. The quantitative estimate of drug-likeness (QED) is 0.813. The first-order chi connectivity index (χ1) is 10.7. The predicted octanol–water partition coefficient (Wildman–Crippen LogP) is 2.38. The Morgan fingerprint density at radius 2 is 2.18 bits per heavy atom. The van der Waals surface area contributed by atoms with Gasteiger partial charge in [-0.25, -0.2) is 0 Å². The van der Waals surface area contributed by atoms with Gasteiger partial charge in [0.05, 0.1) is 7.11 Å². The average Bonchev–Trinajstić information content (AvgIpc) is 2.56. The van der Waals surface area contributed by atoms with Crippen LogP contribution in [0.25, 0.3) is 0 Å². The van der Waals surface area contributed by atoms with Gasteiger partial charge in [-0.2, -0.15) is 0 Å². The van der Waals surface area contributed by atoms with Crippen LogP contribution in [0.5, 0.6) is 5.75 Å². The van der Waals surface area contributed by atoms with Crippen molar-refractivity contribution >= 4 is 5.91 Å². The van der Waals surface area contributed by atoms with Gasteiger partial charge >= 0.3 is 0 Å². The van der Waals surface area contributed by atoms with Crippen LogP contribution < -0.4 is 15.4 Å². The van der Waals surface area contributed by atoms with Crippen molar-refractivity contribution < 1.29 is 9.53 Å². The molecule has 1 aliphatic heterocycles. The summed E-state index contributed by atoms with van der Waals surface area (Å²) in [5.74, 6) is 2.13. The van der Waals surface area contributed by atoms with Gasteiger partial charge in [0.15, 0.2) is 0 Å². The van der Waals surface area contributed by atoms with Crippen LogP contribution in [0.1, 0.15) is 31.7 Å². The number of carbonyl (C=O) groups excluding carboxylic acids is 1. The minimum absolute atomic E-state index is 0.173. The Morgan fingerprint density at radius 3 is 2.82 bits per heavy atom. The van der Waals surface area contributed by atoms with Crippen molar-refractivity contribution in [2.24, 2.45) is 11.8 Å². The molecule has 1 fully saturated rings. The lowest BCUT2D eigenvalue weighted by Crippen LogP contribution is -2.36. The monoisotopic (exact) mass is 304 g/mol. The van der Waals surface area contributed by atoms with Crippen LogP contribution in [0.2, 0.25) is 0 Å². The summed E-state index contributed by atoms with van der Waals surface area (Å²) < 4.78 is 5.14. The number of methoxy groups -OCH3 is 1. The Balaban J connectivity index is 1.66. The lowest BCUT2D eigenvalue weighted by Gasteiger charge is -2.28. The largest absolute Gasteiger partial charge is 0.497 e. The molecule has 1 saturated heterocycles. The standard InChI is InChI=1S/C18H28N2O2/c1-14(16-4-3-10-19-13-16)12-18(21)20-11-9-15-5-7-17(22-2)8-6-15/h5-8,14,16,19H,3-4,9-13H2,1-2H3,(H,20,21). The third kappa shape index (κ3) is 5.34. The van der Waals surface area contributed by atoms with Crippen LogP contribution in [-0.4, -0.2) is 32.7 Å². The molecule has 1 aromatic rings. The molecule has 0 radical (unpaired) electrons. The molecule has 0 bridgehead atoms. The third-order valence-electron chi connectivity index (χ3n) is 4.54. The Labute approximate surface area is 133 Å². The van der Waals surface area contributed by atoms with Crippen molar-refractivity contribution in [3.63, 3.8) is 0 Å². The zero-order valence-electron chi connectivity index (χ0n) is 13.7. The Kier molecular flexibility index (Phi) is 6.72. The number of carbonyl (C=O) groups is 1. The van der Waals surface area contributed by atoms with E-state index in [0.29, 0.717) is 24.8 Å². The summed E-state index contributed by atoms with van der Waals surface area (Å²) in [7, 11) is 1.66. The molecule has 2 atom stereocenters. The molecule has 2 unspecified atom stereocenters. The first-order valence-electron chi connectivity index (χ1n) is 8.29. The molecule has 0 saturated carbocycles. The van der Waals surface area contributed by atoms with Crippen molar-refractivity contribution in [3.8, 4) is 5.75 Å². The number of rotatable bonds is 7. The molecule has 1 heterocycles. The van der Waals surface area contributed by atoms with Gasteiger partial charge in [-0.15, -0.1) is 0 Å². The molecule has 4 nitrogen and oxygen atoms in total. The van der Waals surface area contributed by atoms with Gasteiger partial charge in [-0.3, -0.25) is 4.79 Å². The molecular weight excluding hydrogens is 276 g/mol. The summed E-state index contributed by atoms with van der Waals surface area (Å²) >= 11 is 0. The molecule has 122 valence electrons. The van der Waals surface area contributed by atoms with Crippen molar-refractivity contribution in [3.05, 3.63) is 29.8 Å². The minimum Gasteiger partial charge on any atom is -0.497 e. The van der Waals surface area contributed by atoms with Crippen LogP contribution in [0.15, 0.2) is 24.3 Å². The van der Waals surface area contributed by atoms with Gasteiger partial charge in [-0.1, -0.05) is 19.1 Å². The van der Waals surface area contributed by atoms with Gasteiger partial charge < -0.3 is 15.4 Å². The number of amides is 1. The number of piperidine rings is 1. The summed E-state index contributed by atoms with van der Waals surface area (Å²) in [6, 6.07) is 7.99. The first-order valence-corrected chi connectivity index (χ1v) is 8.29. The average molecular weight is 304 g/mol. The van der Waals surface area contributed by atoms with E-state index in [2.05, 4.69) is 17.6 Å². The molecule has 1 amide bonds. The Bertz CT molecular complexity index is 453. The Morgan fingerprint density at radius 1 is 1.41 bits per heavy atom. The first kappa shape index (κ1) is 16.8. The van der Waals surface area contributed by atoms with Crippen LogP contribution in [0, 0.1) is 11.8 Å². The Hall–Kier alpha value is -1.55. The predicted molar refractivity (Wildman–Crippen MR) is 89.1 cm³/mol. The van der Waals surface area contributed by atoms with Gasteiger partial charge in [-0.05, 0) is 61.9 Å². The van der Waals surface area contributed by atoms with Gasteiger partial charge in [0.25, 0.3) is 0 Å². The molecule has 2 rings (SSSR count). The maximum absolute atomic E-state index is 12.0. The second kappa shape index (κ2) is 8.79. The normalized spacial score (nSPS) is 19.5. The number of hydrogen-bond donors (Lipinski definition) is 2. The topological polar surface area (TPSA) is 50.4 Å². The lowest BCUT2D eigenvalue weighted by atomic mass is 9.85. The van der Waals surface area contributed by atoms with Crippen molar-refractivity contribution in [2.45, 2.75) is 32.6 Å². The highest BCUT2D eigenvalue weighted by atomic mass is 16.5. The maximum Gasteiger partial charge on any atom is 0.220 e. The highest BCUT2D eigenvalue weighted by molar-refractivity contribution is 5.76. The minimum atomic E-state index is 0.173. The zero-order valence-corrected chi connectivity index (χ0v) is 13.7. The highest BCUT2D eigenvalue weighted by Gasteiger charge is 2.21. The van der Waals surface area contributed by atoms with Crippen molar-refractivity contribution in [1.29, 1.82) is 0 Å². The van der Waals surface area contributed by atoms with Gasteiger partial charge in [0.2, 0.25) is 5.91 Å². The third-order valence-corrected chi connectivity index (χ3v) is 4.54. The van der Waals surface area contributed by atoms with E-state index in [4.69, 9.17) is 4.74 Å². The van der Waals surface area contributed by atoms with Gasteiger partial charge in [0, 0.05) is 13.0 Å².